The summed E-state index contributed by atoms with van der Waals surface area (Å²) < 4.78 is 179. The lowest BCUT2D eigenvalue weighted by Gasteiger charge is -2.31. The van der Waals surface area contributed by atoms with E-state index in [1.165, 1.54) is 24.3 Å². The fourth-order valence-corrected chi connectivity index (χ4v) is 12.1. The maximum absolute atomic E-state index is 12.8. The van der Waals surface area contributed by atoms with E-state index in [2.05, 4.69) is 0 Å². The molecule has 0 amide bonds. The molecule has 2 aliphatic rings. The molecule has 0 saturated heterocycles. The molecule has 0 saturated carbocycles. The summed E-state index contributed by atoms with van der Waals surface area (Å²) in [5.41, 5.74) is 0.906. The van der Waals surface area contributed by atoms with Crippen molar-refractivity contribution < 1.29 is 79.0 Å². The van der Waals surface area contributed by atoms with Crippen LogP contribution in [0, 0.1) is 0 Å². The number of fused-ring (bicyclic) bond motifs is 6. The summed E-state index contributed by atoms with van der Waals surface area (Å²) in [6.07, 6.45) is 6.63. The van der Waals surface area contributed by atoms with Crippen LogP contribution in [-0.4, -0.2) is 113 Å². The summed E-state index contributed by atoms with van der Waals surface area (Å²) in [6.45, 7) is 5.96. The Morgan fingerprint density at radius 3 is 1.92 bits per heavy atom. The van der Waals surface area contributed by atoms with Gasteiger partial charge in [-0.15, -0.1) is 0 Å². The first-order valence-electron chi connectivity index (χ1n) is 20.4. The van der Waals surface area contributed by atoms with Crippen molar-refractivity contribution in [2.75, 3.05) is 36.1 Å². The molecule has 0 bridgehead atoms. The highest BCUT2D eigenvalue weighted by Gasteiger charge is 2.47. The number of unbranched alkanes of at least 4 members (excludes halogenated alkanes) is 2. The van der Waals surface area contributed by atoms with Gasteiger partial charge in [-0.1, -0.05) is 31.1 Å². The average molecular weight is 1010 g/mol. The van der Waals surface area contributed by atoms with E-state index >= 15 is 0 Å². The van der Waals surface area contributed by atoms with Gasteiger partial charge in [0.25, 0.3) is 57.1 Å². The van der Waals surface area contributed by atoms with Crippen LogP contribution >= 0.6 is 0 Å². The highest BCUT2D eigenvalue weighted by atomic mass is 32.2. The molecule has 0 aromatic heterocycles. The molecule has 4 aromatic rings. The fraction of sp³-hybridized carbons (Fsp3) is 0.381. The van der Waals surface area contributed by atoms with Crippen LogP contribution < -0.4 is 4.90 Å². The number of hydrogen-bond donors (Lipinski definition) is 5. The quantitative estimate of drug-likeness (QED) is 0.0311. The molecule has 66 heavy (non-hydrogen) atoms. The molecule has 0 fully saturated rings. The lowest BCUT2D eigenvalue weighted by atomic mass is 9.75. The molecule has 24 heteroatoms. The molecule has 6 rings (SSSR count). The van der Waals surface area contributed by atoms with Crippen molar-refractivity contribution >= 4 is 95.7 Å². The van der Waals surface area contributed by atoms with Crippen molar-refractivity contribution in [2.24, 2.45) is 0 Å². The van der Waals surface area contributed by atoms with E-state index in [-0.39, 0.29) is 54.6 Å². The van der Waals surface area contributed by atoms with Crippen LogP contribution in [0.1, 0.15) is 70.4 Å². The first-order chi connectivity index (χ1) is 30.5. The molecule has 0 spiro atoms. The Labute approximate surface area is 383 Å². The predicted molar refractivity (Wildman–Crippen MR) is 245 cm³/mol. The van der Waals surface area contributed by atoms with Crippen molar-refractivity contribution in [1.82, 2.24) is 0 Å². The zero-order chi connectivity index (χ0) is 48.8. The summed E-state index contributed by atoms with van der Waals surface area (Å²) in [6, 6.07) is 12.3. The van der Waals surface area contributed by atoms with E-state index in [4.69, 9.17) is 4.74 Å². The minimum absolute atomic E-state index is 0.0251. The van der Waals surface area contributed by atoms with Crippen LogP contribution in [0.2, 0.25) is 0 Å². The Kier molecular flexibility index (Phi) is 14.2. The van der Waals surface area contributed by atoms with Gasteiger partial charge in [-0.05, 0) is 104 Å². The van der Waals surface area contributed by atoms with Gasteiger partial charge in [-0.25, -0.2) is 0 Å². The molecular weight excluding hydrogens is 965 g/mol. The molecular formula is C42H49N2O17S5+. The standard InChI is InChI=1S/C42H48N2O17S5/c1-41(2)37(43(19-8-22-62(46,47)48)34-16-13-28-12-14-29(64(52,53)54)24-32(28)39(34)41)10-7-11-38-42(3,18-5-4-6-21-61-27-45)40-33-25-30(65(55,56)57)26-36(66(58,59)60)31(33)15-17-35(40)44(38)20-9-23-63(49,50)51/h7,10-17,24-27H,4-6,8-9,18-23H2,1-3H3,(H4-,46,47,48,49,50,51,52,53,54,55,56,57,58,59,60)/p+1. The molecule has 4 aromatic carbocycles. The Bertz CT molecular complexity index is 3310. The summed E-state index contributed by atoms with van der Waals surface area (Å²) in [5, 5.41) is 1.06. The molecule has 0 aliphatic carbocycles. The van der Waals surface area contributed by atoms with Crippen LogP contribution in [0.4, 0.5) is 11.4 Å². The highest BCUT2D eigenvalue weighted by molar-refractivity contribution is 7.87. The smallest absolute Gasteiger partial charge is 0.295 e. The van der Waals surface area contributed by atoms with Crippen LogP contribution in [0.3, 0.4) is 0 Å². The monoisotopic (exact) mass is 1010 g/mol. The van der Waals surface area contributed by atoms with Crippen LogP contribution in [-0.2, 0) is 71.0 Å². The van der Waals surface area contributed by atoms with Gasteiger partial charge in [0.2, 0.25) is 5.69 Å². The van der Waals surface area contributed by atoms with Crippen LogP contribution in [0.5, 0.6) is 0 Å². The number of hydrogen-bond acceptors (Lipinski definition) is 13. The third-order valence-corrected chi connectivity index (χ3v) is 16.2. The summed E-state index contributed by atoms with van der Waals surface area (Å²) in [5.74, 6) is -1.23. The number of nitrogens with zero attached hydrogens (tertiary/aromatic N) is 2. The lowest BCUT2D eigenvalue weighted by Crippen LogP contribution is -2.30. The summed E-state index contributed by atoms with van der Waals surface area (Å²) in [7, 11) is -23.6. The minimum Gasteiger partial charge on any atom is -0.468 e. The van der Waals surface area contributed by atoms with Crippen molar-refractivity contribution in [3.8, 4) is 0 Å². The van der Waals surface area contributed by atoms with Gasteiger partial charge in [0, 0.05) is 52.9 Å². The number of carbonyl (C=O) groups excluding carboxylic acids is 1. The molecule has 358 valence electrons. The number of carbonyl (C=O) groups is 1. The zero-order valence-electron chi connectivity index (χ0n) is 35.9. The molecule has 0 radical (unpaired) electrons. The lowest BCUT2D eigenvalue weighted by molar-refractivity contribution is -0.437. The van der Waals surface area contributed by atoms with E-state index in [1.54, 1.807) is 48.3 Å². The summed E-state index contributed by atoms with van der Waals surface area (Å²) >= 11 is 0. The zero-order valence-corrected chi connectivity index (χ0v) is 39.9. The largest absolute Gasteiger partial charge is 0.468 e. The van der Waals surface area contributed by atoms with E-state index in [0.29, 0.717) is 76.5 Å². The van der Waals surface area contributed by atoms with Gasteiger partial charge >= 0.3 is 0 Å². The van der Waals surface area contributed by atoms with Crippen LogP contribution in [0.15, 0.2) is 93.2 Å². The molecule has 2 heterocycles. The van der Waals surface area contributed by atoms with E-state index in [9.17, 15) is 69.6 Å². The van der Waals surface area contributed by atoms with Crippen molar-refractivity contribution in [3.05, 3.63) is 89.6 Å². The van der Waals surface area contributed by atoms with E-state index in [1.807, 2.05) is 18.4 Å². The van der Waals surface area contributed by atoms with E-state index < -0.39 is 82.7 Å². The Morgan fingerprint density at radius 1 is 0.667 bits per heavy atom. The van der Waals surface area contributed by atoms with Crippen molar-refractivity contribution in [3.63, 3.8) is 0 Å². The Balaban J connectivity index is 1.60. The van der Waals surface area contributed by atoms with Crippen molar-refractivity contribution in [2.45, 2.75) is 84.8 Å². The highest BCUT2D eigenvalue weighted by Crippen LogP contribution is 2.54. The first kappa shape index (κ1) is 50.8. The van der Waals surface area contributed by atoms with E-state index in [0.717, 1.165) is 6.07 Å². The van der Waals surface area contributed by atoms with Gasteiger partial charge in [0.1, 0.15) is 11.4 Å². The predicted octanol–water partition coefficient (Wildman–Crippen LogP) is 5.62. The third kappa shape index (κ3) is 10.7. The van der Waals surface area contributed by atoms with Crippen LogP contribution in [0.25, 0.3) is 21.5 Å². The second-order valence-corrected chi connectivity index (χ2v) is 24.2. The van der Waals surface area contributed by atoms with Gasteiger partial charge in [0.05, 0.1) is 33.3 Å². The van der Waals surface area contributed by atoms with Crippen molar-refractivity contribution in [1.29, 1.82) is 0 Å². The second-order valence-electron chi connectivity index (χ2n) is 16.9. The SMILES string of the molecule is CC1(C)C(/C=C/C=C2/N(CCCS(=O)(=O)O)c3ccc4c(S(=O)(=O)O)cc(S(=O)(=O)O)cc4c3C2(C)CCCCCOC=O)=[N+](CCCS(=O)(=O)O)c2ccc3ccc(S(=O)(=O)O)cc3c21. The maximum atomic E-state index is 12.8. The molecule has 1 unspecified atom stereocenters. The average Bonchev–Trinajstić information content (AvgIpc) is 3.56. The third-order valence-electron chi connectivity index (χ3n) is 12.0. The normalized spacial score (nSPS) is 18.5. The number of rotatable bonds is 20. The van der Waals surface area contributed by atoms with Gasteiger partial charge in [-0.2, -0.15) is 46.7 Å². The Hall–Kier alpha value is -4.63. The molecule has 19 nitrogen and oxygen atoms in total. The number of ether oxygens (including phenoxy) is 1. The fourth-order valence-electron chi connectivity index (χ4n) is 9.25. The number of allylic oxidation sites excluding steroid dienone is 4. The topological polar surface area (TPSA) is 304 Å². The minimum atomic E-state index is -5.10. The molecule has 1 atom stereocenters. The Morgan fingerprint density at radius 2 is 1.30 bits per heavy atom. The van der Waals surface area contributed by atoms with Gasteiger partial charge in [-0.3, -0.25) is 27.6 Å². The maximum Gasteiger partial charge on any atom is 0.295 e. The first-order valence-corrected chi connectivity index (χ1v) is 27.9. The van der Waals surface area contributed by atoms with Gasteiger partial charge in [0.15, 0.2) is 5.71 Å². The molecule has 2 aliphatic heterocycles. The molecule has 5 N–H and O–H groups in total. The summed E-state index contributed by atoms with van der Waals surface area (Å²) in [4.78, 5) is 10.6. The number of anilines is 1. The number of benzene rings is 4. The second kappa shape index (κ2) is 18.5. The van der Waals surface area contributed by atoms with Gasteiger partial charge < -0.3 is 9.64 Å².